The van der Waals surface area contributed by atoms with E-state index in [-0.39, 0.29) is 5.82 Å². The van der Waals surface area contributed by atoms with Crippen molar-refractivity contribution in [1.29, 1.82) is 0 Å². The summed E-state index contributed by atoms with van der Waals surface area (Å²) in [5.74, 6) is 0.468. The van der Waals surface area contributed by atoms with Crippen LogP contribution in [-0.2, 0) is 11.4 Å². The van der Waals surface area contributed by atoms with E-state index in [4.69, 9.17) is 9.57 Å². The Balaban J connectivity index is 1.87. The molecule has 4 heteroatoms. The molecule has 126 valence electrons. The Kier molecular flexibility index (Phi) is 5.42. The molecule has 0 aromatic heterocycles. The Hall–Kier alpha value is -3.14. The fourth-order valence-electron chi connectivity index (χ4n) is 2.37. The van der Waals surface area contributed by atoms with Crippen molar-refractivity contribution >= 4 is 5.71 Å². The van der Waals surface area contributed by atoms with Crippen molar-refractivity contribution in [2.24, 2.45) is 5.16 Å². The summed E-state index contributed by atoms with van der Waals surface area (Å²) in [4.78, 5) is 5.54. The first-order valence-electron chi connectivity index (χ1n) is 7.90. The number of nitrogens with zero attached hydrogens (tertiary/aromatic N) is 1. The standard InChI is InChI=1S/C21H18FNO2/c1-24-20-13-9-18(10-14-20)21(17-7-11-19(22)12-8-17)23-25-15-16-5-3-2-4-6-16/h2-14H,15H2,1H3/b23-21+. The molecule has 0 aliphatic carbocycles. The van der Waals surface area contributed by atoms with E-state index in [0.717, 1.165) is 22.4 Å². The third-order valence-electron chi connectivity index (χ3n) is 3.71. The highest BCUT2D eigenvalue weighted by Crippen LogP contribution is 2.17. The first kappa shape index (κ1) is 16.7. The van der Waals surface area contributed by atoms with Crippen LogP contribution >= 0.6 is 0 Å². The second-order valence-corrected chi connectivity index (χ2v) is 5.43. The van der Waals surface area contributed by atoms with Gasteiger partial charge in [0.1, 0.15) is 23.9 Å². The topological polar surface area (TPSA) is 30.8 Å². The van der Waals surface area contributed by atoms with E-state index in [0.29, 0.717) is 12.3 Å². The lowest BCUT2D eigenvalue weighted by Crippen LogP contribution is -2.05. The monoisotopic (exact) mass is 335 g/mol. The number of oxime groups is 1. The molecule has 0 aliphatic heterocycles. The lowest BCUT2D eigenvalue weighted by Gasteiger charge is -2.09. The van der Waals surface area contributed by atoms with E-state index in [1.165, 1.54) is 12.1 Å². The molecule has 0 saturated heterocycles. The molecule has 0 heterocycles. The van der Waals surface area contributed by atoms with E-state index in [2.05, 4.69) is 5.16 Å². The largest absolute Gasteiger partial charge is 0.497 e. The van der Waals surface area contributed by atoms with Crippen LogP contribution in [0.3, 0.4) is 0 Å². The molecule has 0 spiro atoms. The summed E-state index contributed by atoms with van der Waals surface area (Å²) in [6.07, 6.45) is 0. The van der Waals surface area contributed by atoms with Gasteiger partial charge in [0, 0.05) is 11.1 Å². The molecule has 0 bridgehead atoms. The summed E-state index contributed by atoms with van der Waals surface area (Å²) in [6.45, 7) is 0.363. The highest BCUT2D eigenvalue weighted by Gasteiger charge is 2.09. The highest BCUT2D eigenvalue weighted by atomic mass is 19.1. The fraction of sp³-hybridized carbons (Fsp3) is 0.0952. The average Bonchev–Trinajstić information content (AvgIpc) is 2.67. The van der Waals surface area contributed by atoms with Crippen LogP contribution < -0.4 is 4.74 Å². The van der Waals surface area contributed by atoms with Gasteiger partial charge in [-0.25, -0.2) is 4.39 Å². The number of hydrogen-bond acceptors (Lipinski definition) is 3. The predicted molar refractivity (Wildman–Crippen MR) is 96.3 cm³/mol. The molecule has 0 amide bonds. The molecule has 25 heavy (non-hydrogen) atoms. The van der Waals surface area contributed by atoms with E-state index >= 15 is 0 Å². The maximum absolute atomic E-state index is 13.2. The Morgan fingerprint density at radius 3 is 2.04 bits per heavy atom. The zero-order chi connectivity index (χ0) is 17.5. The van der Waals surface area contributed by atoms with Crippen molar-refractivity contribution in [2.75, 3.05) is 7.11 Å². The van der Waals surface area contributed by atoms with Crippen LogP contribution in [0.1, 0.15) is 16.7 Å². The zero-order valence-corrected chi connectivity index (χ0v) is 13.9. The minimum absolute atomic E-state index is 0.289. The molecule has 0 atom stereocenters. The first-order valence-corrected chi connectivity index (χ1v) is 7.90. The van der Waals surface area contributed by atoms with Gasteiger partial charge in [0.25, 0.3) is 0 Å². The fourth-order valence-corrected chi connectivity index (χ4v) is 2.37. The summed E-state index contributed by atoms with van der Waals surface area (Å²) in [7, 11) is 1.62. The maximum atomic E-state index is 13.2. The lowest BCUT2D eigenvalue weighted by atomic mass is 10.0. The molecule has 0 saturated carbocycles. The molecule has 3 aromatic carbocycles. The number of ether oxygens (including phenoxy) is 1. The quantitative estimate of drug-likeness (QED) is 0.478. The van der Waals surface area contributed by atoms with Crippen molar-refractivity contribution in [3.05, 3.63) is 101 Å². The summed E-state index contributed by atoms with van der Waals surface area (Å²) in [5, 5.41) is 4.30. The third-order valence-corrected chi connectivity index (χ3v) is 3.71. The smallest absolute Gasteiger partial charge is 0.142 e. The third kappa shape index (κ3) is 4.44. The molecule has 0 N–H and O–H groups in total. The summed E-state index contributed by atoms with van der Waals surface area (Å²) >= 11 is 0. The van der Waals surface area contributed by atoms with Gasteiger partial charge in [-0.3, -0.25) is 0 Å². The molecule has 0 radical (unpaired) electrons. The van der Waals surface area contributed by atoms with Gasteiger partial charge in [0.2, 0.25) is 0 Å². The molecular weight excluding hydrogens is 317 g/mol. The predicted octanol–water partition coefficient (Wildman–Crippen LogP) is 4.80. The Labute approximate surface area is 146 Å². The minimum atomic E-state index is -0.289. The maximum Gasteiger partial charge on any atom is 0.142 e. The van der Waals surface area contributed by atoms with Gasteiger partial charge in [0.05, 0.1) is 7.11 Å². The summed E-state index contributed by atoms with van der Waals surface area (Å²) in [6, 6.07) is 23.5. The van der Waals surface area contributed by atoms with Gasteiger partial charge >= 0.3 is 0 Å². The minimum Gasteiger partial charge on any atom is -0.497 e. The molecule has 0 unspecified atom stereocenters. The van der Waals surface area contributed by atoms with Crippen LogP contribution in [0.5, 0.6) is 5.75 Å². The van der Waals surface area contributed by atoms with Crippen LogP contribution in [0.25, 0.3) is 0 Å². The molecule has 0 fully saturated rings. The van der Waals surface area contributed by atoms with Crippen LogP contribution in [0.15, 0.2) is 84.0 Å². The van der Waals surface area contributed by atoms with E-state index < -0.39 is 0 Å². The molecule has 3 rings (SSSR count). The van der Waals surface area contributed by atoms with Crippen molar-refractivity contribution in [3.63, 3.8) is 0 Å². The Morgan fingerprint density at radius 1 is 0.840 bits per heavy atom. The van der Waals surface area contributed by atoms with E-state index in [1.54, 1.807) is 19.2 Å². The van der Waals surface area contributed by atoms with Gasteiger partial charge in [-0.1, -0.05) is 35.5 Å². The number of benzene rings is 3. The average molecular weight is 335 g/mol. The number of methoxy groups -OCH3 is 1. The van der Waals surface area contributed by atoms with Gasteiger partial charge < -0.3 is 9.57 Å². The van der Waals surface area contributed by atoms with Crippen molar-refractivity contribution in [2.45, 2.75) is 6.61 Å². The van der Waals surface area contributed by atoms with E-state index in [9.17, 15) is 4.39 Å². The molecule has 3 aromatic rings. The van der Waals surface area contributed by atoms with Gasteiger partial charge in [-0.15, -0.1) is 0 Å². The number of hydrogen-bond donors (Lipinski definition) is 0. The summed E-state index contributed by atoms with van der Waals surface area (Å²) in [5.41, 5.74) is 3.30. The van der Waals surface area contributed by atoms with Crippen LogP contribution in [0.4, 0.5) is 4.39 Å². The second kappa shape index (κ2) is 8.11. The molecule has 3 nitrogen and oxygen atoms in total. The number of rotatable bonds is 6. The van der Waals surface area contributed by atoms with Crippen molar-refractivity contribution < 1.29 is 14.0 Å². The van der Waals surface area contributed by atoms with Gasteiger partial charge in [-0.2, -0.15) is 0 Å². The zero-order valence-electron chi connectivity index (χ0n) is 13.9. The SMILES string of the molecule is COc1ccc(/C(=N/OCc2ccccc2)c2ccc(F)cc2)cc1. The van der Waals surface area contributed by atoms with Crippen LogP contribution in [-0.4, -0.2) is 12.8 Å². The number of halogens is 1. The van der Waals surface area contributed by atoms with E-state index in [1.807, 2.05) is 54.6 Å². The van der Waals surface area contributed by atoms with Gasteiger partial charge in [-0.05, 0) is 54.1 Å². The van der Waals surface area contributed by atoms with Gasteiger partial charge in [0.15, 0.2) is 0 Å². The molecular formula is C21H18FNO2. The van der Waals surface area contributed by atoms with Crippen LogP contribution in [0.2, 0.25) is 0 Å². The molecule has 0 aliphatic rings. The van der Waals surface area contributed by atoms with Crippen LogP contribution in [0, 0.1) is 5.82 Å². The Bertz CT molecular complexity index is 828. The Morgan fingerprint density at radius 2 is 1.44 bits per heavy atom. The second-order valence-electron chi connectivity index (χ2n) is 5.43. The summed E-state index contributed by atoms with van der Waals surface area (Å²) < 4.78 is 18.4. The first-order chi connectivity index (χ1) is 12.3. The van der Waals surface area contributed by atoms with Crippen molar-refractivity contribution in [1.82, 2.24) is 0 Å². The highest BCUT2D eigenvalue weighted by molar-refractivity contribution is 6.12. The lowest BCUT2D eigenvalue weighted by molar-refractivity contribution is 0.131. The normalized spacial score (nSPS) is 11.2. The van der Waals surface area contributed by atoms with Crippen molar-refractivity contribution in [3.8, 4) is 5.75 Å².